The highest BCUT2D eigenvalue weighted by atomic mass is 15.2. The third-order valence-electron chi connectivity index (χ3n) is 6.25. The van der Waals surface area contributed by atoms with Gasteiger partial charge in [0, 0.05) is 22.8 Å². The van der Waals surface area contributed by atoms with Crippen LogP contribution < -0.4 is 0 Å². The van der Waals surface area contributed by atoms with Crippen LogP contribution in [0.1, 0.15) is 93.9 Å². The Morgan fingerprint density at radius 3 is 1.97 bits per heavy atom. The molecule has 2 aromatic rings. The SMILES string of the molecule is CCCCCCCCC1=C(c2ccc(C)cc2)[N+](=[N-])C(c2ccc(CCCC)cc2)=C1. The fourth-order valence-electron chi connectivity index (χ4n) is 4.29. The molecule has 0 N–H and O–H groups in total. The number of hydrogen-bond donors (Lipinski definition) is 0. The average molecular weight is 415 g/mol. The van der Waals surface area contributed by atoms with Crippen LogP contribution in [0, 0.1) is 6.92 Å². The lowest BCUT2D eigenvalue weighted by atomic mass is 10.0. The van der Waals surface area contributed by atoms with E-state index in [-0.39, 0.29) is 0 Å². The monoisotopic (exact) mass is 414 g/mol. The number of allylic oxidation sites excluding steroid dienone is 2. The number of rotatable bonds is 12. The Morgan fingerprint density at radius 1 is 0.677 bits per heavy atom. The molecule has 0 amide bonds. The van der Waals surface area contributed by atoms with Crippen LogP contribution in [0.2, 0.25) is 0 Å². The molecule has 1 aliphatic rings. The summed E-state index contributed by atoms with van der Waals surface area (Å²) in [6.07, 6.45) is 14.4. The Morgan fingerprint density at radius 2 is 1.29 bits per heavy atom. The van der Waals surface area contributed by atoms with E-state index in [0.29, 0.717) is 0 Å². The van der Waals surface area contributed by atoms with Gasteiger partial charge in [0.15, 0.2) is 0 Å². The van der Waals surface area contributed by atoms with Gasteiger partial charge in [0.1, 0.15) is 0 Å². The molecule has 0 aromatic heterocycles. The second kappa shape index (κ2) is 11.8. The van der Waals surface area contributed by atoms with Crippen LogP contribution in [-0.4, -0.2) is 4.70 Å². The van der Waals surface area contributed by atoms with Crippen LogP contribution in [0.4, 0.5) is 0 Å². The summed E-state index contributed by atoms with van der Waals surface area (Å²) in [5.41, 5.74) is 19.0. The molecule has 0 unspecified atom stereocenters. The van der Waals surface area contributed by atoms with Gasteiger partial charge in [0.2, 0.25) is 11.4 Å². The third kappa shape index (κ3) is 6.26. The van der Waals surface area contributed by atoms with Gasteiger partial charge in [-0.05, 0) is 62.4 Å². The highest BCUT2D eigenvalue weighted by Crippen LogP contribution is 2.37. The molecule has 31 heavy (non-hydrogen) atoms. The van der Waals surface area contributed by atoms with Crippen LogP contribution >= 0.6 is 0 Å². The molecule has 0 aliphatic carbocycles. The van der Waals surface area contributed by atoms with Gasteiger partial charge in [-0.2, -0.15) is 0 Å². The predicted octanol–water partition coefficient (Wildman–Crippen LogP) is 8.89. The van der Waals surface area contributed by atoms with Crippen molar-refractivity contribution in [1.29, 1.82) is 0 Å². The van der Waals surface area contributed by atoms with Crippen LogP contribution in [0.25, 0.3) is 16.9 Å². The van der Waals surface area contributed by atoms with E-state index in [4.69, 9.17) is 0 Å². The van der Waals surface area contributed by atoms with E-state index in [1.54, 1.807) is 0 Å². The van der Waals surface area contributed by atoms with E-state index in [1.807, 2.05) is 0 Å². The molecule has 0 fully saturated rings. The van der Waals surface area contributed by atoms with Crippen molar-refractivity contribution < 1.29 is 4.70 Å². The summed E-state index contributed by atoms with van der Waals surface area (Å²) < 4.78 is 1.41. The number of aryl methyl sites for hydroxylation is 2. The molecular formula is C29H38N2. The highest BCUT2D eigenvalue weighted by molar-refractivity contribution is 5.78. The Labute approximate surface area is 189 Å². The van der Waals surface area contributed by atoms with Gasteiger partial charge in [-0.25, -0.2) is 4.70 Å². The van der Waals surface area contributed by atoms with Crippen molar-refractivity contribution in [1.82, 2.24) is 0 Å². The van der Waals surface area contributed by atoms with E-state index in [0.717, 1.165) is 35.4 Å². The third-order valence-corrected chi connectivity index (χ3v) is 6.25. The van der Waals surface area contributed by atoms with E-state index < -0.39 is 0 Å². The van der Waals surface area contributed by atoms with Gasteiger partial charge >= 0.3 is 0 Å². The highest BCUT2D eigenvalue weighted by Gasteiger charge is 2.28. The van der Waals surface area contributed by atoms with Crippen molar-refractivity contribution in [3.63, 3.8) is 0 Å². The van der Waals surface area contributed by atoms with Gasteiger partial charge < -0.3 is 5.53 Å². The number of nitrogens with zero attached hydrogens (tertiary/aromatic N) is 2. The standard InChI is InChI=1S/C29H38N2/c1-4-6-8-9-10-11-13-27-22-28(25-20-16-24(17-21-25)12-7-5-2)31(30)29(27)26-18-14-23(3)15-19-26/h14-22H,4-13H2,1-3H3. The minimum Gasteiger partial charge on any atom is -0.493 e. The summed E-state index contributed by atoms with van der Waals surface area (Å²) in [7, 11) is 0. The first-order chi connectivity index (χ1) is 15.1. The zero-order chi connectivity index (χ0) is 22.1. The summed E-state index contributed by atoms with van der Waals surface area (Å²) in [4.78, 5) is 0. The molecule has 0 spiro atoms. The summed E-state index contributed by atoms with van der Waals surface area (Å²) >= 11 is 0. The maximum Gasteiger partial charge on any atom is 0.210 e. The summed E-state index contributed by atoms with van der Waals surface area (Å²) in [5.74, 6) is 0. The largest absolute Gasteiger partial charge is 0.493 e. The van der Waals surface area contributed by atoms with Crippen LogP contribution in [-0.2, 0) is 6.42 Å². The smallest absolute Gasteiger partial charge is 0.210 e. The fourth-order valence-corrected chi connectivity index (χ4v) is 4.29. The molecule has 1 heterocycles. The first kappa shape index (κ1) is 23.2. The van der Waals surface area contributed by atoms with E-state index in [9.17, 15) is 5.53 Å². The topological polar surface area (TPSA) is 25.3 Å². The first-order valence-electron chi connectivity index (χ1n) is 12.2. The van der Waals surface area contributed by atoms with Crippen LogP contribution in [0.15, 0.2) is 60.2 Å². The predicted molar refractivity (Wildman–Crippen MR) is 133 cm³/mol. The van der Waals surface area contributed by atoms with Crippen molar-refractivity contribution in [3.05, 3.63) is 88.0 Å². The van der Waals surface area contributed by atoms with Crippen LogP contribution in [0.5, 0.6) is 0 Å². The lowest BCUT2D eigenvalue weighted by Crippen LogP contribution is -2.02. The molecule has 164 valence electrons. The van der Waals surface area contributed by atoms with E-state index in [1.165, 1.54) is 72.8 Å². The Kier molecular flexibility index (Phi) is 8.82. The Hall–Kier alpha value is -2.48. The van der Waals surface area contributed by atoms with Crippen molar-refractivity contribution in [2.45, 2.75) is 85.0 Å². The normalized spacial score (nSPS) is 13.8. The molecule has 1 aliphatic heterocycles. The fraction of sp³-hybridized carbons (Fsp3) is 0.448. The van der Waals surface area contributed by atoms with Gasteiger partial charge in [-0.1, -0.05) is 82.2 Å². The van der Waals surface area contributed by atoms with Gasteiger partial charge in [-0.15, -0.1) is 0 Å². The number of hydrogen-bond acceptors (Lipinski definition) is 0. The van der Waals surface area contributed by atoms with Gasteiger partial charge in [-0.3, -0.25) is 0 Å². The van der Waals surface area contributed by atoms with Crippen molar-refractivity contribution in [2.24, 2.45) is 0 Å². The van der Waals surface area contributed by atoms with Crippen molar-refractivity contribution in [2.75, 3.05) is 0 Å². The minimum absolute atomic E-state index is 0.888. The molecule has 2 nitrogen and oxygen atoms in total. The van der Waals surface area contributed by atoms with Crippen molar-refractivity contribution in [3.8, 4) is 0 Å². The number of benzene rings is 2. The zero-order valence-corrected chi connectivity index (χ0v) is 19.7. The number of unbranched alkanes of at least 4 members (excludes halogenated alkanes) is 6. The molecular weight excluding hydrogens is 376 g/mol. The quantitative estimate of drug-likeness (QED) is 0.245. The zero-order valence-electron chi connectivity index (χ0n) is 19.7. The van der Waals surface area contributed by atoms with E-state index >= 15 is 0 Å². The maximum atomic E-state index is 11.2. The molecule has 0 radical (unpaired) electrons. The average Bonchev–Trinajstić information content (AvgIpc) is 3.11. The molecule has 2 heteroatoms. The summed E-state index contributed by atoms with van der Waals surface area (Å²) in [6.45, 7) is 6.59. The molecule has 0 saturated carbocycles. The first-order valence-corrected chi connectivity index (χ1v) is 12.2. The lowest BCUT2D eigenvalue weighted by Gasteiger charge is -2.10. The Balaban J connectivity index is 1.79. The minimum atomic E-state index is 0.888. The summed E-state index contributed by atoms with van der Waals surface area (Å²) in [6, 6.07) is 17.2. The second-order valence-corrected chi connectivity index (χ2v) is 8.90. The van der Waals surface area contributed by atoms with E-state index in [2.05, 4.69) is 75.4 Å². The maximum absolute atomic E-state index is 11.2. The van der Waals surface area contributed by atoms with Gasteiger partial charge in [0.25, 0.3) is 0 Å². The summed E-state index contributed by atoms with van der Waals surface area (Å²) in [5, 5.41) is 0. The second-order valence-electron chi connectivity index (χ2n) is 8.90. The molecule has 0 bridgehead atoms. The van der Waals surface area contributed by atoms with Crippen molar-refractivity contribution >= 4 is 11.4 Å². The molecule has 0 saturated heterocycles. The molecule has 0 atom stereocenters. The van der Waals surface area contributed by atoms with Crippen LogP contribution in [0.3, 0.4) is 0 Å². The lowest BCUT2D eigenvalue weighted by molar-refractivity contribution is -0.344. The van der Waals surface area contributed by atoms with Gasteiger partial charge in [0.05, 0.1) is 0 Å². The Bertz CT molecular complexity index is 914. The molecule has 2 aromatic carbocycles. The molecule has 3 rings (SSSR count).